The lowest BCUT2D eigenvalue weighted by molar-refractivity contribution is 0.0928. The average Bonchev–Trinajstić information content (AvgIpc) is 2.36. The molecule has 0 heterocycles. The zero-order valence-electron chi connectivity index (χ0n) is 10.2. The van der Waals surface area contributed by atoms with E-state index in [1.807, 2.05) is 18.2 Å². The summed E-state index contributed by atoms with van der Waals surface area (Å²) in [5.41, 5.74) is 0.647. The molecule has 0 bridgehead atoms. The number of Topliss-reactive ketones (excluding diaryl/α,β-unsaturated/α-hetero) is 1. The highest BCUT2D eigenvalue weighted by Gasteiger charge is 2.17. The van der Waals surface area contributed by atoms with Crippen molar-refractivity contribution in [3.63, 3.8) is 0 Å². The third-order valence-electron chi connectivity index (χ3n) is 2.81. The molecule has 0 radical (unpaired) electrons. The normalized spacial score (nSPS) is 13.3. The van der Waals surface area contributed by atoms with E-state index in [1.54, 1.807) is 26.0 Å². The molecule has 0 spiro atoms. The Morgan fingerprint density at radius 3 is 2.35 bits per heavy atom. The van der Waals surface area contributed by atoms with Crippen LogP contribution < -0.4 is 0 Å². The lowest BCUT2D eigenvalue weighted by Crippen LogP contribution is -2.17. The second-order valence-electron chi connectivity index (χ2n) is 4.16. The molecule has 0 saturated heterocycles. The number of carbonyl (C=O) groups excluding carboxylic acids is 1. The number of rotatable bonds is 6. The number of carbonyl (C=O) groups is 1. The van der Waals surface area contributed by atoms with Crippen LogP contribution >= 0.6 is 0 Å². The van der Waals surface area contributed by atoms with E-state index in [0.717, 1.165) is 0 Å². The second kappa shape index (κ2) is 5.96. The van der Waals surface area contributed by atoms with Gasteiger partial charge in [-0.05, 0) is 6.42 Å². The quantitative estimate of drug-likeness (QED) is 0.732. The number of sulfone groups is 1. The zero-order chi connectivity index (χ0) is 12.9. The van der Waals surface area contributed by atoms with Gasteiger partial charge in [-0.3, -0.25) is 4.79 Å². The van der Waals surface area contributed by atoms with Gasteiger partial charge in [0.2, 0.25) is 0 Å². The summed E-state index contributed by atoms with van der Waals surface area (Å²) in [6, 6.07) is 8.98. The highest BCUT2D eigenvalue weighted by molar-refractivity contribution is 7.91. The fourth-order valence-corrected chi connectivity index (χ4v) is 2.52. The van der Waals surface area contributed by atoms with Gasteiger partial charge < -0.3 is 0 Å². The fraction of sp³-hybridized carbons (Fsp3) is 0.462. The summed E-state index contributed by atoms with van der Waals surface area (Å²) in [7, 11) is -2.98. The molecule has 0 aliphatic carbocycles. The molecular weight excluding hydrogens is 236 g/mol. The van der Waals surface area contributed by atoms with E-state index in [4.69, 9.17) is 0 Å². The molecule has 1 rings (SSSR count). The van der Waals surface area contributed by atoms with Gasteiger partial charge in [0.1, 0.15) is 9.84 Å². The van der Waals surface area contributed by atoms with Crippen molar-refractivity contribution in [3.05, 3.63) is 35.9 Å². The first kappa shape index (κ1) is 13.9. The maximum absolute atomic E-state index is 12.0. The lowest BCUT2D eigenvalue weighted by Gasteiger charge is -2.10. The Kier molecular flexibility index (Phi) is 4.87. The van der Waals surface area contributed by atoms with E-state index in [2.05, 4.69) is 0 Å². The minimum absolute atomic E-state index is 0.0110. The topological polar surface area (TPSA) is 51.2 Å². The van der Waals surface area contributed by atoms with Crippen LogP contribution in [-0.2, 0) is 9.84 Å². The van der Waals surface area contributed by atoms with Crippen LogP contribution in [0.15, 0.2) is 30.3 Å². The molecular formula is C13H18O3S. The molecule has 0 fully saturated rings. The summed E-state index contributed by atoms with van der Waals surface area (Å²) in [6.45, 7) is 3.40. The Hall–Kier alpha value is -1.16. The van der Waals surface area contributed by atoms with Crippen LogP contribution in [0, 0.1) is 5.92 Å². The van der Waals surface area contributed by atoms with Gasteiger partial charge in [-0.1, -0.05) is 44.2 Å². The lowest BCUT2D eigenvalue weighted by atomic mass is 9.97. The number of hydrogen-bond acceptors (Lipinski definition) is 3. The Labute approximate surface area is 103 Å². The van der Waals surface area contributed by atoms with Gasteiger partial charge in [-0.15, -0.1) is 0 Å². The summed E-state index contributed by atoms with van der Waals surface area (Å²) < 4.78 is 22.7. The van der Waals surface area contributed by atoms with Gasteiger partial charge in [0.05, 0.1) is 5.75 Å². The van der Waals surface area contributed by atoms with Gasteiger partial charge in [0.25, 0.3) is 0 Å². The third-order valence-corrected chi connectivity index (χ3v) is 4.54. The molecule has 0 aliphatic rings. The van der Waals surface area contributed by atoms with Gasteiger partial charge in [-0.2, -0.15) is 0 Å². The minimum Gasteiger partial charge on any atom is -0.294 e. The van der Waals surface area contributed by atoms with Crippen LogP contribution in [-0.4, -0.2) is 25.7 Å². The summed E-state index contributed by atoms with van der Waals surface area (Å²) >= 11 is 0. The highest BCUT2D eigenvalue weighted by Crippen LogP contribution is 2.13. The zero-order valence-corrected chi connectivity index (χ0v) is 11.0. The summed E-state index contributed by atoms with van der Waals surface area (Å²) in [4.78, 5) is 12.0. The largest absolute Gasteiger partial charge is 0.294 e. The van der Waals surface area contributed by atoms with Crippen LogP contribution in [0.2, 0.25) is 0 Å². The van der Waals surface area contributed by atoms with Crippen molar-refractivity contribution in [2.24, 2.45) is 5.92 Å². The number of hydrogen-bond donors (Lipinski definition) is 0. The fourth-order valence-electron chi connectivity index (χ4n) is 1.52. The van der Waals surface area contributed by atoms with Crippen molar-refractivity contribution in [1.29, 1.82) is 0 Å². The predicted octanol–water partition coefficient (Wildman–Crippen LogP) is 2.33. The highest BCUT2D eigenvalue weighted by atomic mass is 32.2. The third kappa shape index (κ3) is 4.30. The Balaban J connectivity index is 2.60. The van der Waals surface area contributed by atoms with Gasteiger partial charge in [0, 0.05) is 17.2 Å². The predicted molar refractivity (Wildman–Crippen MR) is 68.9 cm³/mol. The van der Waals surface area contributed by atoms with Crippen molar-refractivity contribution in [3.8, 4) is 0 Å². The monoisotopic (exact) mass is 254 g/mol. The minimum atomic E-state index is -2.98. The van der Waals surface area contributed by atoms with Crippen LogP contribution in [0.1, 0.15) is 30.6 Å². The summed E-state index contributed by atoms with van der Waals surface area (Å²) in [6.07, 6.45) is 0.393. The van der Waals surface area contributed by atoms with E-state index < -0.39 is 9.84 Å². The van der Waals surface area contributed by atoms with Crippen LogP contribution in [0.5, 0.6) is 0 Å². The van der Waals surface area contributed by atoms with Crippen molar-refractivity contribution in [2.45, 2.75) is 20.3 Å². The molecule has 3 nitrogen and oxygen atoms in total. The first-order chi connectivity index (χ1) is 7.96. The van der Waals surface area contributed by atoms with E-state index in [0.29, 0.717) is 12.0 Å². The molecule has 1 unspecified atom stereocenters. The number of ketones is 1. The Morgan fingerprint density at radius 2 is 1.82 bits per heavy atom. The van der Waals surface area contributed by atoms with E-state index in [-0.39, 0.29) is 23.2 Å². The van der Waals surface area contributed by atoms with Gasteiger partial charge in [-0.25, -0.2) is 8.42 Å². The molecule has 1 aromatic carbocycles. The SMILES string of the molecule is CCS(=O)(=O)CCC(C)C(=O)c1ccccc1. The Morgan fingerprint density at radius 1 is 1.24 bits per heavy atom. The average molecular weight is 254 g/mol. The molecule has 4 heteroatoms. The van der Waals surface area contributed by atoms with Crippen LogP contribution in [0.4, 0.5) is 0 Å². The molecule has 94 valence electrons. The maximum Gasteiger partial charge on any atom is 0.165 e. The van der Waals surface area contributed by atoms with Gasteiger partial charge in [0.15, 0.2) is 5.78 Å². The standard InChI is InChI=1S/C13H18O3S/c1-3-17(15,16)10-9-11(2)13(14)12-7-5-4-6-8-12/h4-8,11H,3,9-10H2,1-2H3. The second-order valence-corrected chi connectivity index (χ2v) is 6.63. The van der Waals surface area contributed by atoms with Crippen LogP contribution in [0.25, 0.3) is 0 Å². The molecule has 0 aromatic heterocycles. The van der Waals surface area contributed by atoms with E-state index in [9.17, 15) is 13.2 Å². The molecule has 0 saturated carbocycles. The van der Waals surface area contributed by atoms with Crippen molar-refractivity contribution < 1.29 is 13.2 Å². The molecule has 1 aromatic rings. The summed E-state index contributed by atoms with van der Waals surface area (Å²) in [5, 5.41) is 0. The Bertz CT molecular complexity index is 463. The van der Waals surface area contributed by atoms with Gasteiger partial charge >= 0.3 is 0 Å². The van der Waals surface area contributed by atoms with Crippen molar-refractivity contribution >= 4 is 15.6 Å². The maximum atomic E-state index is 12.0. The summed E-state index contributed by atoms with van der Waals surface area (Å²) in [5.74, 6) is -0.0155. The van der Waals surface area contributed by atoms with Crippen LogP contribution in [0.3, 0.4) is 0 Å². The van der Waals surface area contributed by atoms with E-state index in [1.165, 1.54) is 0 Å². The van der Waals surface area contributed by atoms with Crippen molar-refractivity contribution in [1.82, 2.24) is 0 Å². The molecule has 0 aliphatic heterocycles. The molecule has 0 N–H and O–H groups in total. The van der Waals surface area contributed by atoms with E-state index >= 15 is 0 Å². The smallest absolute Gasteiger partial charge is 0.165 e. The van der Waals surface area contributed by atoms with Crippen molar-refractivity contribution in [2.75, 3.05) is 11.5 Å². The molecule has 17 heavy (non-hydrogen) atoms. The first-order valence-corrected chi connectivity index (χ1v) is 7.58. The number of benzene rings is 1. The molecule has 0 amide bonds. The first-order valence-electron chi connectivity index (χ1n) is 5.76. The molecule has 1 atom stereocenters.